The van der Waals surface area contributed by atoms with E-state index in [0.29, 0.717) is 19.6 Å². The van der Waals surface area contributed by atoms with Gasteiger partial charge in [-0.1, -0.05) is 0 Å². The van der Waals surface area contributed by atoms with Crippen LogP contribution in [0.15, 0.2) is 0 Å². The minimum atomic E-state index is -1.56. The Labute approximate surface area is 62.9 Å². The Bertz CT molecular complexity index is 170. The molecular weight excluding hydrogens is 152 g/mol. The molecule has 5 nitrogen and oxygen atoms in total. The maximum absolute atomic E-state index is 10.4. The van der Waals surface area contributed by atoms with Gasteiger partial charge in [-0.2, -0.15) is 0 Å². The Morgan fingerprint density at radius 2 is 2.27 bits per heavy atom. The van der Waals surface area contributed by atoms with Crippen molar-refractivity contribution >= 4 is 11.9 Å². The topological polar surface area (TPSA) is 72.8 Å². The van der Waals surface area contributed by atoms with Crippen LogP contribution in [0.3, 0.4) is 0 Å². The largest absolute Gasteiger partial charge is 0.473 e. The SMILES string of the molecule is O=C(O)C(=O)OC1CCOC1. The predicted octanol–water partition coefficient (Wildman–Crippen LogP) is -0.597. The Morgan fingerprint density at radius 3 is 2.73 bits per heavy atom. The first-order valence-corrected chi connectivity index (χ1v) is 3.22. The first-order chi connectivity index (χ1) is 5.20. The molecular formula is C6H8O5. The molecule has 0 aromatic carbocycles. The lowest BCUT2D eigenvalue weighted by molar-refractivity contribution is -0.167. The van der Waals surface area contributed by atoms with Crippen molar-refractivity contribution in [1.82, 2.24) is 0 Å². The van der Waals surface area contributed by atoms with Crippen LogP contribution >= 0.6 is 0 Å². The van der Waals surface area contributed by atoms with E-state index >= 15 is 0 Å². The molecule has 1 aliphatic heterocycles. The number of carboxylic acids is 1. The number of carbonyl (C=O) groups is 2. The summed E-state index contributed by atoms with van der Waals surface area (Å²) in [6.07, 6.45) is 0.206. The summed E-state index contributed by atoms with van der Waals surface area (Å²) in [7, 11) is 0. The van der Waals surface area contributed by atoms with Crippen LogP contribution in [-0.2, 0) is 19.1 Å². The van der Waals surface area contributed by atoms with Crippen LogP contribution in [0.1, 0.15) is 6.42 Å². The average molecular weight is 160 g/mol. The number of aliphatic carboxylic acids is 1. The molecule has 1 fully saturated rings. The zero-order valence-corrected chi connectivity index (χ0v) is 5.78. The van der Waals surface area contributed by atoms with E-state index in [1.54, 1.807) is 0 Å². The number of hydrogen-bond acceptors (Lipinski definition) is 4. The highest BCUT2D eigenvalue weighted by molar-refractivity contribution is 6.28. The Kier molecular flexibility index (Phi) is 2.43. The van der Waals surface area contributed by atoms with Crippen molar-refractivity contribution < 1.29 is 24.2 Å². The number of esters is 1. The first kappa shape index (κ1) is 8.00. The molecule has 0 saturated carbocycles. The highest BCUT2D eigenvalue weighted by Crippen LogP contribution is 2.07. The Balaban J connectivity index is 2.29. The van der Waals surface area contributed by atoms with E-state index in [4.69, 9.17) is 9.84 Å². The van der Waals surface area contributed by atoms with E-state index in [1.165, 1.54) is 0 Å². The van der Waals surface area contributed by atoms with Crippen molar-refractivity contribution in [3.63, 3.8) is 0 Å². The Morgan fingerprint density at radius 1 is 1.55 bits per heavy atom. The second-order valence-corrected chi connectivity index (χ2v) is 2.20. The van der Waals surface area contributed by atoms with Crippen LogP contribution in [0.2, 0.25) is 0 Å². The number of ether oxygens (including phenoxy) is 2. The van der Waals surface area contributed by atoms with Crippen LogP contribution in [0.5, 0.6) is 0 Å². The molecule has 0 amide bonds. The second kappa shape index (κ2) is 3.34. The molecule has 1 rings (SSSR count). The summed E-state index contributed by atoms with van der Waals surface area (Å²) in [5.74, 6) is -2.77. The minimum Gasteiger partial charge on any atom is -0.473 e. The molecule has 0 spiro atoms. The third kappa shape index (κ3) is 2.19. The molecule has 1 saturated heterocycles. The summed E-state index contributed by atoms with van der Waals surface area (Å²) in [4.78, 5) is 20.4. The molecule has 1 aliphatic rings. The summed E-state index contributed by atoms with van der Waals surface area (Å²) >= 11 is 0. The normalized spacial score (nSPS) is 23.1. The standard InChI is InChI=1S/C6H8O5/c7-5(8)6(9)11-4-1-2-10-3-4/h4H,1-3H2,(H,7,8). The molecule has 1 heterocycles. The molecule has 0 aliphatic carbocycles. The fourth-order valence-electron chi connectivity index (χ4n) is 0.808. The van der Waals surface area contributed by atoms with Crippen molar-refractivity contribution in [3.8, 4) is 0 Å². The molecule has 1 unspecified atom stereocenters. The predicted molar refractivity (Wildman–Crippen MR) is 33.0 cm³/mol. The fraction of sp³-hybridized carbons (Fsp3) is 0.667. The summed E-state index contributed by atoms with van der Waals surface area (Å²) < 4.78 is 9.38. The average Bonchev–Trinajstić information content (AvgIpc) is 2.39. The lowest BCUT2D eigenvalue weighted by atomic mass is 10.3. The van der Waals surface area contributed by atoms with Gasteiger partial charge in [-0.05, 0) is 0 Å². The van der Waals surface area contributed by atoms with E-state index in [-0.39, 0.29) is 6.10 Å². The molecule has 0 aromatic heterocycles. The van der Waals surface area contributed by atoms with Gasteiger partial charge >= 0.3 is 11.9 Å². The van der Waals surface area contributed by atoms with Gasteiger partial charge in [-0.25, -0.2) is 9.59 Å². The highest BCUT2D eigenvalue weighted by Gasteiger charge is 2.23. The van der Waals surface area contributed by atoms with E-state index in [0.717, 1.165) is 0 Å². The van der Waals surface area contributed by atoms with Crippen LogP contribution in [0, 0.1) is 0 Å². The lowest BCUT2D eigenvalue weighted by Crippen LogP contribution is -2.24. The maximum atomic E-state index is 10.4. The smallest absolute Gasteiger partial charge is 0.417 e. The van der Waals surface area contributed by atoms with Gasteiger partial charge in [0.2, 0.25) is 0 Å². The van der Waals surface area contributed by atoms with Crippen molar-refractivity contribution in [2.75, 3.05) is 13.2 Å². The molecule has 0 radical (unpaired) electrons. The molecule has 0 aromatic rings. The van der Waals surface area contributed by atoms with Gasteiger partial charge in [0.1, 0.15) is 6.10 Å². The van der Waals surface area contributed by atoms with Crippen LogP contribution < -0.4 is 0 Å². The third-order valence-electron chi connectivity index (χ3n) is 1.34. The summed E-state index contributed by atoms with van der Waals surface area (Å²) in [5.41, 5.74) is 0. The zero-order chi connectivity index (χ0) is 8.27. The summed E-state index contributed by atoms with van der Waals surface area (Å²) in [5, 5.41) is 8.13. The lowest BCUT2D eigenvalue weighted by Gasteiger charge is -2.05. The molecule has 1 N–H and O–H groups in total. The van der Waals surface area contributed by atoms with Crippen molar-refractivity contribution in [3.05, 3.63) is 0 Å². The van der Waals surface area contributed by atoms with E-state index in [1.807, 2.05) is 0 Å². The van der Waals surface area contributed by atoms with Crippen molar-refractivity contribution in [1.29, 1.82) is 0 Å². The highest BCUT2D eigenvalue weighted by atomic mass is 16.6. The van der Waals surface area contributed by atoms with Gasteiger partial charge in [-0.3, -0.25) is 0 Å². The molecule has 62 valence electrons. The number of carboxylic acid groups (broad SMARTS) is 1. The van der Waals surface area contributed by atoms with Crippen LogP contribution in [-0.4, -0.2) is 36.4 Å². The van der Waals surface area contributed by atoms with Crippen LogP contribution in [0.25, 0.3) is 0 Å². The first-order valence-electron chi connectivity index (χ1n) is 3.22. The van der Waals surface area contributed by atoms with Gasteiger partial charge < -0.3 is 14.6 Å². The summed E-state index contributed by atoms with van der Waals surface area (Å²) in [6, 6.07) is 0. The van der Waals surface area contributed by atoms with Gasteiger partial charge in [0, 0.05) is 6.42 Å². The summed E-state index contributed by atoms with van der Waals surface area (Å²) in [6.45, 7) is 0.830. The van der Waals surface area contributed by atoms with Gasteiger partial charge in [0.15, 0.2) is 0 Å². The zero-order valence-electron chi connectivity index (χ0n) is 5.78. The Hall–Kier alpha value is -1.10. The van der Waals surface area contributed by atoms with Crippen molar-refractivity contribution in [2.24, 2.45) is 0 Å². The fourth-order valence-corrected chi connectivity index (χ4v) is 0.808. The van der Waals surface area contributed by atoms with Gasteiger partial charge in [0.25, 0.3) is 0 Å². The number of carbonyl (C=O) groups excluding carboxylic acids is 1. The van der Waals surface area contributed by atoms with E-state index < -0.39 is 11.9 Å². The second-order valence-electron chi connectivity index (χ2n) is 2.20. The molecule has 5 heteroatoms. The van der Waals surface area contributed by atoms with Crippen molar-refractivity contribution in [2.45, 2.75) is 12.5 Å². The molecule has 11 heavy (non-hydrogen) atoms. The third-order valence-corrected chi connectivity index (χ3v) is 1.34. The van der Waals surface area contributed by atoms with E-state index in [9.17, 15) is 9.59 Å². The number of hydrogen-bond donors (Lipinski definition) is 1. The minimum absolute atomic E-state index is 0.305. The van der Waals surface area contributed by atoms with Gasteiger partial charge in [0.05, 0.1) is 13.2 Å². The maximum Gasteiger partial charge on any atom is 0.417 e. The van der Waals surface area contributed by atoms with Gasteiger partial charge in [-0.15, -0.1) is 0 Å². The monoisotopic (exact) mass is 160 g/mol. The van der Waals surface area contributed by atoms with E-state index in [2.05, 4.69) is 4.74 Å². The van der Waals surface area contributed by atoms with Crippen LogP contribution in [0.4, 0.5) is 0 Å². The molecule has 0 bridgehead atoms. The molecule has 1 atom stereocenters. The quantitative estimate of drug-likeness (QED) is 0.409. The number of rotatable bonds is 1.